The number of carbonyl (C=O) groups excluding carboxylic acids is 1. The molecule has 18 heavy (non-hydrogen) atoms. The fraction of sp³-hybridized carbons (Fsp3) is 0.500. The highest BCUT2D eigenvalue weighted by Gasteiger charge is 2.29. The van der Waals surface area contributed by atoms with Gasteiger partial charge in [-0.2, -0.15) is 0 Å². The first-order chi connectivity index (χ1) is 8.72. The third kappa shape index (κ3) is 3.05. The zero-order chi connectivity index (χ0) is 13.0. The Bertz CT molecular complexity index is 405. The van der Waals surface area contributed by atoms with Gasteiger partial charge in [-0.1, -0.05) is 35.0 Å². The first-order valence-corrected chi connectivity index (χ1v) is 7.31. The van der Waals surface area contributed by atoms with Crippen LogP contribution < -0.4 is 5.32 Å². The Kier molecular flexibility index (Phi) is 4.64. The van der Waals surface area contributed by atoms with Gasteiger partial charge in [0.2, 0.25) is 0 Å². The van der Waals surface area contributed by atoms with E-state index in [0.29, 0.717) is 0 Å². The Morgan fingerprint density at radius 1 is 1.44 bits per heavy atom. The Labute approximate surface area is 117 Å². The number of likely N-dealkylation sites (tertiary alicyclic amines) is 1. The van der Waals surface area contributed by atoms with Gasteiger partial charge in [0.05, 0.1) is 6.04 Å². The standard InChI is InChI=1S/C14H19BrN2O/c1-2-9-16-14(18)17-10-3-4-13(17)11-5-7-12(15)8-6-11/h5-8,13H,2-4,9-10H2,1H3,(H,16,18). The van der Waals surface area contributed by atoms with Crippen molar-refractivity contribution < 1.29 is 4.79 Å². The number of benzene rings is 1. The summed E-state index contributed by atoms with van der Waals surface area (Å²) in [5.74, 6) is 0. The monoisotopic (exact) mass is 310 g/mol. The number of nitrogens with one attached hydrogen (secondary N) is 1. The van der Waals surface area contributed by atoms with Crippen LogP contribution in [0, 0.1) is 0 Å². The maximum atomic E-state index is 12.1. The van der Waals surface area contributed by atoms with Gasteiger partial charge in [0.15, 0.2) is 0 Å². The maximum absolute atomic E-state index is 12.1. The van der Waals surface area contributed by atoms with Crippen LogP contribution in [0.2, 0.25) is 0 Å². The van der Waals surface area contributed by atoms with Crippen LogP contribution in [-0.2, 0) is 0 Å². The molecule has 1 aliphatic rings. The Morgan fingerprint density at radius 3 is 2.83 bits per heavy atom. The molecule has 1 fully saturated rings. The van der Waals surface area contributed by atoms with Crippen LogP contribution in [0.5, 0.6) is 0 Å². The second-order valence-electron chi connectivity index (χ2n) is 4.63. The van der Waals surface area contributed by atoms with Gasteiger partial charge < -0.3 is 10.2 Å². The number of carbonyl (C=O) groups is 1. The summed E-state index contributed by atoms with van der Waals surface area (Å²) in [7, 11) is 0. The average molecular weight is 311 g/mol. The molecule has 1 aromatic rings. The fourth-order valence-electron chi connectivity index (χ4n) is 2.37. The quantitative estimate of drug-likeness (QED) is 0.907. The molecule has 2 rings (SSSR count). The number of urea groups is 1. The largest absolute Gasteiger partial charge is 0.338 e. The normalized spacial score (nSPS) is 19.0. The molecule has 1 N–H and O–H groups in total. The molecule has 0 radical (unpaired) electrons. The minimum Gasteiger partial charge on any atom is -0.338 e. The number of hydrogen-bond donors (Lipinski definition) is 1. The zero-order valence-electron chi connectivity index (χ0n) is 10.7. The lowest BCUT2D eigenvalue weighted by Crippen LogP contribution is -2.39. The van der Waals surface area contributed by atoms with Gasteiger partial charge in [0, 0.05) is 17.6 Å². The number of halogens is 1. The van der Waals surface area contributed by atoms with Crippen LogP contribution in [0.4, 0.5) is 4.79 Å². The lowest BCUT2D eigenvalue weighted by Gasteiger charge is -2.25. The molecule has 98 valence electrons. The molecule has 3 nitrogen and oxygen atoms in total. The fourth-order valence-corrected chi connectivity index (χ4v) is 2.64. The van der Waals surface area contributed by atoms with E-state index in [1.165, 1.54) is 5.56 Å². The van der Waals surface area contributed by atoms with E-state index in [1.54, 1.807) is 0 Å². The number of amides is 2. The molecule has 1 aliphatic heterocycles. The summed E-state index contributed by atoms with van der Waals surface area (Å²) in [5.41, 5.74) is 1.22. The SMILES string of the molecule is CCCNC(=O)N1CCCC1c1ccc(Br)cc1. The summed E-state index contributed by atoms with van der Waals surface area (Å²) < 4.78 is 1.08. The van der Waals surface area contributed by atoms with Crippen LogP contribution in [0.3, 0.4) is 0 Å². The van der Waals surface area contributed by atoms with Crippen molar-refractivity contribution in [3.63, 3.8) is 0 Å². The summed E-state index contributed by atoms with van der Waals surface area (Å²) in [6.45, 7) is 3.68. The van der Waals surface area contributed by atoms with E-state index < -0.39 is 0 Å². The summed E-state index contributed by atoms with van der Waals surface area (Å²) in [6.07, 6.45) is 3.12. The highest BCUT2D eigenvalue weighted by molar-refractivity contribution is 9.10. The highest BCUT2D eigenvalue weighted by atomic mass is 79.9. The molecule has 1 heterocycles. The van der Waals surface area contributed by atoms with E-state index in [2.05, 4.69) is 40.3 Å². The van der Waals surface area contributed by atoms with Gasteiger partial charge in [-0.25, -0.2) is 4.79 Å². The van der Waals surface area contributed by atoms with Gasteiger partial charge >= 0.3 is 6.03 Å². The van der Waals surface area contributed by atoms with Crippen molar-refractivity contribution >= 4 is 22.0 Å². The number of rotatable bonds is 3. The van der Waals surface area contributed by atoms with Crippen molar-refractivity contribution in [3.05, 3.63) is 34.3 Å². The molecule has 1 unspecified atom stereocenters. The molecule has 1 aromatic carbocycles. The Balaban J connectivity index is 2.07. The first-order valence-electron chi connectivity index (χ1n) is 6.52. The molecule has 2 amide bonds. The van der Waals surface area contributed by atoms with Gasteiger partial charge in [0.1, 0.15) is 0 Å². The van der Waals surface area contributed by atoms with Crippen molar-refractivity contribution in [2.24, 2.45) is 0 Å². The van der Waals surface area contributed by atoms with E-state index >= 15 is 0 Å². The summed E-state index contributed by atoms with van der Waals surface area (Å²) >= 11 is 3.44. The van der Waals surface area contributed by atoms with Gasteiger partial charge in [0.25, 0.3) is 0 Å². The Morgan fingerprint density at radius 2 is 2.17 bits per heavy atom. The Hall–Kier alpha value is -1.03. The first kappa shape index (κ1) is 13.4. The van der Waals surface area contributed by atoms with Crippen molar-refractivity contribution in [1.82, 2.24) is 10.2 Å². The van der Waals surface area contributed by atoms with Gasteiger partial charge in [-0.3, -0.25) is 0 Å². The van der Waals surface area contributed by atoms with Crippen molar-refractivity contribution in [2.45, 2.75) is 32.2 Å². The van der Waals surface area contributed by atoms with E-state index in [0.717, 1.165) is 36.8 Å². The van der Waals surface area contributed by atoms with Crippen molar-refractivity contribution in [1.29, 1.82) is 0 Å². The molecular weight excluding hydrogens is 292 g/mol. The zero-order valence-corrected chi connectivity index (χ0v) is 12.2. The molecule has 1 saturated heterocycles. The topological polar surface area (TPSA) is 32.3 Å². The summed E-state index contributed by atoms with van der Waals surface area (Å²) in [4.78, 5) is 14.0. The lowest BCUT2D eigenvalue weighted by atomic mass is 10.1. The van der Waals surface area contributed by atoms with Crippen LogP contribution >= 0.6 is 15.9 Å². The highest BCUT2D eigenvalue weighted by Crippen LogP contribution is 2.32. The van der Waals surface area contributed by atoms with Crippen LogP contribution in [0.15, 0.2) is 28.7 Å². The van der Waals surface area contributed by atoms with Crippen molar-refractivity contribution in [3.8, 4) is 0 Å². The third-order valence-electron chi connectivity index (χ3n) is 3.29. The van der Waals surface area contributed by atoms with E-state index in [1.807, 2.05) is 17.0 Å². The molecule has 0 aromatic heterocycles. The molecule has 4 heteroatoms. The van der Waals surface area contributed by atoms with Gasteiger partial charge in [-0.05, 0) is 37.0 Å². The van der Waals surface area contributed by atoms with Crippen molar-refractivity contribution in [2.75, 3.05) is 13.1 Å². The van der Waals surface area contributed by atoms with Crippen LogP contribution in [-0.4, -0.2) is 24.0 Å². The summed E-state index contributed by atoms with van der Waals surface area (Å²) in [6, 6.07) is 8.57. The molecular formula is C14H19BrN2O. The summed E-state index contributed by atoms with van der Waals surface area (Å²) in [5, 5.41) is 2.96. The van der Waals surface area contributed by atoms with E-state index in [9.17, 15) is 4.79 Å². The minimum atomic E-state index is 0.0715. The van der Waals surface area contributed by atoms with Crippen LogP contribution in [0.25, 0.3) is 0 Å². The second-order valence-corrected chi connectivity index (χ2v) is 5.55. The molecule has 0 aliphatic carbocycles. The number of hydrogen-bond acceptors (Lipinski definition) is 1. The smallest absolute Gasteiger partial charge is 0.317 e. The van der Waals surface area contributed by atoms with E-state index in [4.69, 9.17) is 0 Å². The minimum absolute atomic E-state index is 0.0715. The second kappa shape index (κ2) is 6.23. The molecule has 0 spiro atoms. The molecule has 1 atom stereocenters. The van der Waals surface area contributed by atoms with E-state index in [-0.39, 0.29) is 12.1 Å². The maximum Gasteiger partial charge on any atom is 0.317 e. The molecule has 0 saturated carbocycles. The predicted molar refractivity (Wildman–Crippen MR) is 76.5 cm³/mol. The third-order valence-corrected chi connectivity index (χ3v) is 3.82. The number of nitrogens with zero attached hydrogens (tertiary/aromatic N) is 1. The lowest BCUT2D eigenvalue weighted by molar-refractivity contribution is 0.193. The molecule has 0 bridgehead atoms. The average Bonchev–Trinajstić information content (AvgIpc) is 2.86. The van der Waals surface area contributed by atoms with Gasteiger partial charge in [-0.15, -0.1) is 0 Å². The predicted octanol–water partition coefficient (Wildman–Crippen LogP) is 3.71. The van der Waals surface area contributed by atoms with Crippen LogP contribution in [0.1, 0.15) is 37.8 Å².